The molecule has 0 fully saturated rings. The maximum Gasteiger partial charge on any atom is 0.490 e. The van der Waals surface area contributed by atoms with Gasteiger partial charge in [-0.3, -0.25) is 14.8 Å². The molecule has 0 unspecified atom stereocenters. The number of aliphatic carboxylic acids is 1. The van der Waals surface area contributed by atoms with E-state index in [0.717, 1.165) is 11.1 Å². The van der Waals surface area contributed by atoms with E-state index in [1.54, 1.807) is 24.3 Å². The third-order valence-electron chi connectivity index (χ3n) is 5.56. The minimum absolute atomic E-state index is 0.0127. The molecule has 1 aliphatic carbocycles. The molecule has 0 saturated carbocycles. The van der Waals surface area contributed by atoms with E-state index in [0.29, 0.717) is 54.7 Å². The van der Waals surface area contributed by atoms with Crippen molar-refractivity contribution in [1.29, 1.82) is 0 Å². The van der Waals surface area contributed by atoms with Crippen molar-refractivity contribution in [2.24, 2.45) is 5.73 Å². The first-order valence-corrected chi connectivity index (χ1v) is 10.8. The summed E-state index contributed by atoms with van der Waals surface area (Å²) in [6.07, 6.45) is -3.42. The van der Waals surface area contributed by atoms with Crippen molar-refractivity contribution < 1.29 is 43.0 Å². The minimum Gasteiger partial charge on any atom is -0.507 e. The Bertz CT molecular complexity index is 1370. The van der Waals surface area contributed by atoms with Gasteiger partial charge in [-0.05, 0) is 49.1 Å². The third kappa shape index (κ3) is 5.86. The Kier molecular flexibility index (Phi) is 7.81. The van der Waals surface area contributed by atoms with Crippen LogP contribution in [0.15, 0.2) is 36.4 Å². The number of aromatic hydroxyl groups is 1. The van der Waals surface area contributed by atoms with Crippen LogP contribution in [-0.4, -0.2) is 54.7 Å². The molecule has 0 amide bonds. The molecule has 1 aromatic heterocycles. The summed E-state index contributed by atoms with van der Waals surface area (Å²) in [5.41, 5.74) is 9.39. The van der Waals surface area contributed by atoms with E-state index in [9.17, 15) is 38.3 Å². The Morgan fingerprint density at radius 1 is 1.14 bits per heavy atom. The Labute approximate surface area is 206 Å². The summed E-state index contributed by atoms with van der Waals surface area (Å²) in [5, 5.41) is 43.1. The average Bonchev–Trinajstić information content (AvgIpc) is 3.21. The molecule has 0 spiro atoms. The highest BCUT2D eigenvalue weighted by molar-refractivity contribution is 5.92. The van der Waals surface area contributed by atoms with Gasteiger partial charge in [0.2, 0.25) is 0 Å². The van der Waals surface area contributed by atoms with Gasteiger partial charge in [0.15, 0.2) is 0 Å². The fourth-order valence-corrected chi connectivity index (χ4v) is 3.93. The smallest absolute Gasteiger partial charge is 0.490 e. The zero-order valence-corrected chi connectivity index (χ0v) is 19.0. The maximum absolute atomic E-state index is 11.9. The first kappa shape index (κ1) is 27.1. The summed E-state index contributed by atoms with van der Waals surface area (Å²) >= 11 is 0. The summed E-state index contributed by atoms with van der Waals surface area (Å²) in [4.78, 5) is 31.4. The van der Waals surface area contributed by atoms with Gasteiger partial charge in [-0.25, -0.2) is 9.59 Å². The maximum atomic E-state index is 11.9. The van der Waals surface area contributed by atoms with Crippen molar-refractivity contribution in [3.05, 3.63) is 63.3 Å². The molecule has 37 heavy (non-hydrogen) atoms. The number of nitro benzene ring substituents is 1. The molecule has 0 atom stereocenters. The monoisotopic (exact) mass is 522 g/mol. The fraction of sp³-hybridized carbons (Fsp3) is 0.261. The predicted molar refractivity (Wildman–Crippen MR) is 123 cm³/mol. The molecular weight excluding hydrogens is 501 g/mol. The predicted octanol–water partition coefficient (Wildman–Crippen LogP) is 3.61. The molecule has 4 rings (SSSR count). The normalized spacial score (nSPS) is 12.1. The molecule has 14 heteroatoms. The number of carboxylic acid groups (broad SMARTS) is 2. The van der Waals surface area contributed by atoms with Crippen LogP contribution in [0, 0.1) is 10.1 Å². The number of nitrogens with two attached hydrogens (primary N) is 1. The van der Waals surface area contributed by atoms with Crippen LogP contribution in [0.5, 0.6) is 5.75 Å². The van der Waals surface area contributed by atoms with Gasteiger partial charge in [0.25, 0.3) is 5.69 Å². The zero-order chi connectivity index (χ0) is 27.5. The molecule has 5 N–H and O–H groups in total. The van der Waals surface area contributed by atoms with Crippen molar-refractivity contribution in [2.75, 3.05) is 6.54 Å². The molecule has 196 valence electrons. The van der Waals surface area contributed by atoms with Crippen molar-refractivity contribution in [3.63, 3.8) is 0 Å². The van der Waals surface area contributed by atoms with Crippen LogP contribution >= 0.6 is 0 Å². The highest BCUT2D eigenvalue weighted by Gasteiger charge is 2.38. The van der Waals surface area contributed by atoms with Gasteiger partial charge in [0.1, 0.15) is 11.4 Å². The minimum atomic E-state index is -5.08. The molecule has 0 saturated heterocycles. The Morgan fingerprint density at radius 2 is 1.81 bits per heavy atom. The number of carboxylic acids is 2. The standard InChI is InChI=1S/C21H20N4O5.C2HF3O2/c22-7-2-8-24-20(21(27)28)15-6-5-13-10-18(26)16(11-17(13)19(15)23-24)12-3-1-4-14(9-12)25(29)30;3-2(4,5)1(6)7/h1,3-4,9-11,26H,2,5-8,22H2,(H,27,28);(H,6,7). The molecule has 3 aromatic rings. The van der Waals surface area contributed by atoms with Gasteiger partial charge >= 0.3 is 18.1 Å². The van der Waals surface area contributed by atoms with Gasteiger partial charge in [0, 0.05) is 35.4 Å². The van der Waals surface area contributed by atoms with Crippen LogP contribution in [0.2, 0.25) is 0 Å². The Hall–Kier alpha value is -4.46. The van der Waals surface area contributed by atoms with E-state index < -0.39 is 23.0 Å². The molecule has 2 aromatic carbocycles. The number of aromatic nitrogens is 2. The van der Waals surface area contributed by atoms with Gasteiger partial charge < -0.3 is 21.1 Å². The zero-order valence-electron chi connectivity index (χ0n) is 19.0. The van der Waals surface area contributed by atoms with Crippen LogP contribution in [0.3, 0.4) is 0 Å². The lowest BCUT2D eigenvalue weighted by molar-refractivity contribution is -0.384. The van der Waals surface area contributed by atoms with Gasteiger partial charge in [-0.1, -0.05) is 12.1 Å². The number of aryl methyl sites for hydroxylation is 2. The van der Waals surface area contributed by atoms with Crippen LogP contribution < -0.4 is 5.73 Å². The molecule has 0 radical (unpaired) electrons. The molecule has 0 bridgehead atoms. The molecule has 0 aliphatic heterocycles. The lowest BCUT2D eigenvalue weighted by Gasteiger charge is -2.18. The van der Waals surface area contributed by atoms with Crippen molar-refractivity contribution in [2.45, 2.75) is 32.0 Å². The van der Waals surface area contributed by atoms with Crippen molar-refractivity contribution >= 4 is 17.6 Å². The highest BCUT2D eigenvalue weighted by Crippen LogP contribution is 2.41. The number of phenols is 1. The first-order chi connectivity index (χ1) is 17.3. The number of hydrogen-bond donors (Lipinski definition) is 4. The number of nitro groups is 1. The quantitative estimate of drug-likeness (QED) is 0.278. The van der Waals surface area contributed by atoms with Crippen LogP contribution in [0.1, 0.15) is 28.0 Å². The highest BCUT2D eigenvalue weighted by atomic mass is 19.4. The average molecular weight is 522 g/mol. The lowest BCUT2D eigenvalue weighted by atomic mass is 9.86. The number of rotatable bonds is 6. The summed E-state index contributed by atoms with van der Waals surface area (Å²) in [6, 6.07) is 9.38. The topological polar surface area (TPSA) is 182 Å². The number of halogens is 3. The van der Waals surface area contributed by atoms with E-state index in [-0.39, 0.29) is 17.1 Å². The summed E-state index contributed by atoms with van der Waals surface area (Å²) in [6.45, 7) is 0.821. The van der Waals surface area contributed by atoms with Crippen molar-refractivity contribution in [1.82, 2.24) is 9.78 Å². The van der Waals surface area contributed by atoms with Crippen LogP contribution in [-0.2, 0) is 24.2 Å². The second kappa shape index (κ2) is 10.7. The largest absolute Gasteiger partial charge is 0.507 e. The van der Waals surface area contributed by atoms with Crippen LogP contribution in [0.25, 0.3) is 22.4 Å². The first-order valence-electron chi connectivity index (χ1n) is 10.8. The van der Waals surface area contributed by atoms with E-state index >= 15 is 0 Å². The fourth-order valence-electron chi connectivity index (χ4n) is 3.93. The van der Waals surface area contributed by atoms with Crippen LogP contribution in [0.4, 0.5) is 18.9 Å². The number of nitrogens with zero attached hydrogens (tertiary/aromatic N) is 3. The second-order valence-corrected chi connectivity index (χ2v) is 7.98. The van der Waals surface area contributed by atoms with Gasteiger partial charge in [0.05, 0.1) is 10.6 Å². The number of carbonyl (C=O) groups is 2. The van der Waals surface area contributed by atoms with E-state index in [1.165, 1.54) is 16.8 Å². The molecule has 1 heterocycles. The van der Waals surface area contributed by atoms with E-state index in [2.05, 4.69) is 5.10 Å². The SMILES string of the molecule is NCCCn1nc2c(c1C(=O)O)CCc1cc(O)c(-c3cccc([N+](=O)[O-])c3)cc1-2.O=C(O)C(F)(F)F. The molecule has 11 nitrogen and oxygen atoms in total. The number of benzene rings is 2. The Morgan fingerprint density at radius 3 is 2.38 bits per heavy atom. The number of fused-ring (bicyclic) bond motifs is 3. The number of non-ortho nitro benzene ring substituents is 1. The van der Waals surface area contributed by atoms with Crippen molar-refractivity contribution in [3.8, 4) is 28.1 Å². The second-order valence-electron chi connectivity index (χ2n) is 7.98. The van der Waals surface area contributed by atoms with E-state index in [1.807, 2.05) is 0 Å². The number of aromatic carboxylic acids is 1. The van der Waals surface area contributed by atoms with E-state index in [4.69, 9.17) is 15.6 Å². The number of phenolic OH excluding ortho intramolecular Hbond substituents is 1. The van der Waals surface area contributed by atoms with Gasteiger partial charge in [-0.15, -0.1) is 0 Å². The summed E-state index contributed by atoms with van der Waals surface area (Å²) in [5.74, 6) is -3.78. The number of hydrogen-bond acceptors (Lipinski definition) is 7. The van der Waals surface area contributed by atoms with Gasteiger partial charge in [-0.2, -0.15) is 18.3 Å². The molecule has 1 aliphatic rings. The molecular formula is C23H21F3N4O7. The summed E-state index contributed by atoms with van der Waals surface area (Å²) < 4.78 is 33.2. The Balaban J connectivity index is 0.000000479. The lowest BCUT2D eigenvalue weighted by Crippen LogP contribution is -2.21. The number of alkyl halides is 3. The summed E-state index contributed by atoms with van der Waals surface area (Å²) in [7, 11) is 0. The third-order valence-corrected chi connectivity index (χ3v) is 5.56.